The Hall–Kier alpha value is -1.86. The van der Waals surface area contributed by atoms with Crippen molar-refractivity contribution >= 4 is 17.7 Å². The van der Waals surface area contributed by atoms with Crippen molar-refractivity contribution in [1.29, 1.82) is 0 Å². The average molecular weight is 386 g/mol. The molecule has 2 heterocycles. The van der Waals surface area contributed by atoms with Gasteiger partial charge in [0.1, 0.15) is 5.82 Å². The first-order valence-corrected chi connectivity index (χ1v) is 10.7. The van der Waals surface area contributed by atoms with E-state index in [-0.39, 0.29) is 11.2 Å². The molecule has 1 amide bonds. The summed E-state index contributed by atoms with van der Waals surface area (Å²) in [6, 6.07) is 10.8. The lowest BCUT2D eigenvalue weighted by Crippen LogP contribution is -2.32. The lowest BCUT2D eigenvalue weighted by atomic mass is 10.2. The third-order valence-corrected chi connectivity index (χ3v) is 6.20. The quantitative estimate of drug-likeness (QED) is 0.708. The first kappa shape index (κ1) is 18.5. The third-order valence-electron chi connectivity index (χ3n) is 5.12. The number of nitrogens with zero attached hydrogens (tertiary/aromatic N) is 4. The number of carbonyl (C=O) groups is 1. The summed E-state index contributed by atoms with van der Waals surface area (Å²) in [6.07, 6.45) is 4.72. The van der Waals surface area contributed by atoms with Crippen LogP contribution in [-0.4, -0.2) is 50.0 Å². The monoisotopic (exact) mass is 385 g/mol. The number of thioether (sulfide) groups is 1. The molecule has 1 atom stereocenters. The molecule has 1 saturated carbocycles. The van der Waals surface area contributed by atoms with E-state index in [0.717, 1.165) is 50.0 Å². The largest absolute Gasteiger partial charge is 0.352 e. The van der Waals surface area contributed by atoms with Gasteiger partial charge in [-0.15, -0.1) is 10.2 Å². The normalized spacial score (nSPS) is 18.6. The highest BCUT2D eigenvalue weighted by molar-refractivity contribution is 8.00. The van der Waals surface area contributed by atoms with Crippen LogP contribution < -0.4 is 5.32 Å². The van der Waals surface area contributed by atoms with Gasteiger partial charge >= 0.3 is 0 Å². The van der Waals surface area contributed by atoms with Gasteiger partial charge in [-0.05, 0) is 51.3 Å². The van der Waals surface area contributed by atoms with Crippen LogP contribution in [0.3, 0.4) is 0 Å². The van der Waals surface area contributed by atoms with Crippen LogP contribution >= 0.6 is 11.8 Å². The van der Waals surface area contributed by atoms with Crippen molar-refractivity contribution in [2.75, 3.05) is 13.1 Å². The number of benzene rings is 1. The predicted molar refractivity (Wildman–Crippen MR) is 107 cm³/mol. The van der Waals surface area contributed by atoms with E-state index >= 15 is 0 Å². The van der Waals surface area contributed by atoms with E-state index in [1.165, 1.54) is 30.2 Å². The Kier molecular flexibility index (Phi) is 5.78. The van der Waals surface area contributed by atoms with Crippen LogP contribution in [0.1, 0.15) is 44.0 Å². The first-order valence-electron chi connectivity index (χ1n) is 9.84. The van der Waals surface area contributed by atoms with Gasteiger partial charge in [0, 0.05) is 6.04 Å². The molecule has 1 N–H and O–H groups in total. The number of rotatable bonds is 8. The summed E-state index contributed by atoms with van der Waals surface area (Å²) in [5.41, 5.74) is 1.22. The highest BCUT2D eigenvalue weighted by atomic mass is 32.2. The number of likely N-dealkylation sites (tertiary alicyclic amines) is 1. The number of hydrogen-bond donors (Lipinski definition) is 1. The van der Waals surface area contributed by atoms with Crippen LogP contribution in [0.25, 0.3) is 0 Å². The second-order valence-corrected chi connectivity index (χ2v) is 8.80. The molecule has 1 saturated heterocycles. The molecule has 7 heteroatoms. The zero-order chi connectivity index (χ0) is 18.6. The van der Waals surface area contributed by atoms with Crippen LogP contribution in [0.5, 0.6) is 0 Å². The van der Waals surface area contributed by atoms with Gasteiger partial charge < -0.3 is 9.88 Å². The van der Waals surface area contributed by atoms with E-state index in [1.807, 2.05) is 13.0 Å². The molecular weight excluding hydrogens is 358 g/mol. The Bertz CT molecular complexity index is 768. The zero-order valence-electron chi connectivity index (χ0n) is 15.8. The minimum absolute atomic E-state index is 0.0952. The smallest absolute Gasteiger partial charge is 0.233 e. The average Bonchev–Trinajstić information content (AvgIpc) is 3.20. The first-order chi connectivity index (χ1) is 13.2. The van der Waals surface area contributed by atoms with E-state index in [2.05, 4.69) is 49.2 Å². The van der Waals surface area contributed by atoms with Gasteiger partial charge in [0.05, 0.1) is 18.3 Å². The minimum Gasteiger partial charge on any atom is -0.352 e. The van der Waals surface area contributed by atoms with Crippen LogP contribution in [0.2, 0.25) is 0 Å². The number of aromatic nitrogens is 3. The maximum Gasteiger partial charge on any atom is 0.233 e. The van der Waals surface area contributed by atoms with E-state index in [9.17, 15) is 4.79 Å². The zero-order valence-corrected chi connectivity index (χ0v) is 16.6. The van der Waals surface area contributed by atoms with E-state index < -0.39 is 0 Å². The molecule has 144 valence electrons. The van der Waals surface area contributed by atoms with Crippen molar-refractivity contribution in [2.24, 2.45) is 0 Å². The van der Waals surface area contributed by atoms with Gasteiger partial charge in [0.15, 0.2) is 5.16 Å². The molecule has 2 aromatic rings. The fraction of sp³-hybridized carbons (Fsp3) is 0.550. The van der Waals surface area contributed by atoms with Crippen molar-refractivity contribution in [2.45, 2.75) is 62.1 Å². The highest BCUT2D eigenvalue weighted by Crippen LogP contribution is 2.26. The minimum atomic E-state index is -0.177. The molecule has 2 fully saturated rings. The summed E-state index contributed by atoms with van der Waals surface area (Å²) in [5, 5.41) is 12.7. The molecule has 1 aromatic carbocycles. The standard InChI is InChI=1S/C20H27N5OS/c1-15(19(26)21-17-9-10-17)27-20-23-22-18(14-24-11-5-6-12-24)25(20)13-16-7-3-2-4-8-16/h2-4,7-8,15,17H,5-6,9-14H2,1H3,(H,21,26). The molecule has 0 radical (unpaired) electrons. The Labute approximate surface area is 164 Å². The Morgan fingerprint density at radius 3 is 2.63 bits per heavy atom. The van der Waals surface area contributed by atoms with Crippen LogP contribution in [-0.2, 0) is 17.9 Å². The summed E-state index contributed by atoms with van der Waals surface area (Å²) in [6.45, 7) is 5.76. The van der Waals surface area contributed by atoms with Crippen molar-refractivity contribution in [3.8, 4) is 0 Å². The Morgan fingerprint density at radius 2 is 1.93 bits per heavy atom. The van der Waals surface area contributed by atoms with Gasteiger partial charge in [0.2, 0.25) is 5.91 Å². The van der Waals surface area contributed by atoms with Gasteiger partial charge in [-0.25, -0.2) is 0 Å². The molecule has 0 bridgehead atoms. The molecular formula is C20H27N5OS. The molecule has 1 aromatic heterocycles. The van der Waals surface area contributed by atoms with Gasteiger partial charge in [0.25, 0.3) is 0 Å². The molecule has 1 unspecified atom stereocenters. The van der Waals surface area contributed by atoms with Crippen molar-refractivity contribution in [3.63, 3.8) is 0 Å². The van der Waals surface area contributed by atoms with Crippen LogP contribution in [0.4, 0.5) is 0 Å². The lowest BCUT2D eigenvalue weighted by molar-refractivity contribution is -0.120. The van der Waals surface area contributed by atoms with Gasteiger partial charge in [-0.2, -0.15) is 0 Å². The number of amides is 1. The predicted octanol–water partition coefficient (Wildman–Crippen LogP) is 2.68. The second kappa shape index (κ2) is 8.44. The number of nitrogens with one attached hydrogen (secondary N) is 1. The maximum absolute atomic E-state index is 12.4. The molecule has 1 aliphatic carbocycles. The van der Waals surface area contributed by atoms with Gasteiger partial charge in [-0.1, -0.05) is 42.1 Å². The third kappa shape index (κ3) is 4.90. The van der Waals surface area contributed by atoms with Crippen LogP contribution in [0.15, 0.2) is 35.5 Å². The summed E-state index contributed by atoms with van der Waals surface area (Å²) in [7, 11) is 0. The van der Waals surface area contributed by atoms with Crippen molar-refractivity contribution < 1.29 is 4.79 Å². The molecule has 4 rings (SSSR count). The van der Waals surface area contributed by atoms with E-state index in [1.54, 1.807) is 0 Å². The fourth-order valence-electron chi connectivity index (χ4n) is 3.35. The molecule has 0 spiro atoms. The lowest BCUT2D eigenvalue weighted by Gasteiger charge is -2.17. The number of carbonyl (C=O) groups excluding carboxylic acids is 1. The van der Waals surface area contributed by atoms with Crippen LogP contribution in [0, 0.1) is 0 Å². The topological polar surface area (TPSA) is 63.1 Å². The maximum atomic E-state index is 12.4. The molecule has 2 aliphatic rings. The second-order valence-electron chi connectivity index (χ2n) is 7.50. The van der Waals surface area contributed by atoms with E-state index in [0.29, 0.717) is 6.04 Å². The summed E-state index contributed by atoms with van der Waals surface area (Å²) in [5.74, 6) is 1.08. The van der Waals surface area contributed by atoms with E-state index in [4.69, 9.17) is 0 Å². The summed E-state index contributed by atoms with van der Waals surface area (Å²) in [4.78, 5) is 14.8. The summed E-state index contributed by atoms with van der Waals surface area (Å²) < 4.78 is 2.18. The fourth-order valence-corrected chi connectivity index (χ4v) is 4.22. The Morgan fingerprint density at radius 1 is 1.19 bits per heavy atom. The molecule has 1 aliphatic heterocycles. The Balaban J connectivity index is 1.51. The molecule has 6 nitrogen and oxygen atoms in total. The SMILES string of the molecule is CC(Sc1nnc(CN2CCCC2)n1Cc1ccccc1)C(=O)NC1CC1. The van der Waals surface area contributed by atoms with Crippen molar-refractivity contribution in [3.05, 3.63) is 41.7 Å². The molecule has 27 heavy (non-hydrogen) atoms. The van der Waals surface area contributed by atoms with Gasteiger partial charge in [-0.3, -0.25) is 9.69 Å². The highest BCUT2D eigenvalue weighted by Gasteiger charge is 2.27. The number of hydrogen-bond acceptors (Lipinski definition) is 5. The van der Waals surface area contributed by atoms with Crippen molar-refractivity contribution in [1.82, 2.24) is 25.0 Å². The summed E-state index contributed by atoms with van der Waals surface area (Å²) >= 11 is 1.50.